The van der Waals surface area contributed by atoms with Gasteiger partial charge >= 0.3 is 6.03 Å². The van der Waals surface area contributed by atoms with E-state index in [2.05, 4.69) is 10.6 Å². The highest BCUT2D eigenvalue weighted by Gasteiger charge is 2.26. The van der Waals surface area contributed by atoms with E-state index >= 15 is 0 Å². The van der Waals surface area contributed by atoms with E-state index in [0.717, 1.165) is 5.56 Å². The van der Waals surface area contributed by atoms with Crippen molar-refractivity contribution in [1.29, 1.82) is 0 Å². The average Bonchev–Trinajstić information content (AvgIpc) is 2.97. The number of rotatable bonds is 4. The Morgan fingerprint density at radius 3 is 2.81 bits per heavy atom. The van der Waals surface area contributed by atoms with Crippen molar-refractivity contribution in [3.05, 3.63) is 52.9 Å². The molecule has 1 aromatic heterocycles. The van der Waals surface area contributed by atoms with Crippen molar-refractivity contribution in [2.45, 2.75) is 19.4 Å². The van der Waals surface area contributed by atoms with Crippen LogP contribution in [0.25, 0.3) is 0 Å². The number of carbonyl (C=O) groups excluding carboxylic acids is 1. The van der Waals surface area contributed by atoms with Crippen LogP contribution >= 0.6 is 11.6 Å². The Bertz CT molecular complexity index is 624. The van der Waals surface area contributed by atoms with Gasteiger partial charge in [0.05, 0.1) is 23.5 Å². The number of urea groups is 1. The van der Waals surface area contributed by atoms with Crippen LogP contribution in [0.3, 0.4) is 0 Å². The molecule has 0 aliphatic rings. The van der Waals surface area contributed by atoms with Crippen LogP contribution in [0.15, 0.2) is 41.0 Å². The Kier molecular flexibility index (Phi) is 4.55. The number of halogens is 1. The lowest BCUT2D eigenvalue weighted by molar-refractivity contribution is 0.0372. The molecule has 1 unspecified atom stereocenters. The van der Waals surface area contributed by atoms with E-state index in [1.807, 2.05) is 13.0 Å². The van der Waals surface area contributed by atoms with Crippen LogP contribution in [0, 0.1) is 6.92 Å². The van der Waals surface area contributed by atoms with Crippen LogP contribution in [-0.2, 0) is 5.60 Å². The molecule has 5 nitrogen and oxygen atoms in total. The smallest absolute Gasteiger partial charge is 0.319 e. The third-order valence-corrected chi connectivity index (χ3v) is 3.59. The minimum Gasteiger partial charge on any atom is -0.466 e. The summed E-state index contributed by atoms with van der Waals surface area (Å²) < 4.78 is 5.14. The van der Waals surface area contributed by atoms with Gasteiger partial charge in [-0.2, -0.15) is 0 Å². The number of furan rings is 1. The Balaban J connectivity index is 1.95. The van der Waals surface area contributed by atoms with Crippen LogP contribution in [-0.4, -0.2) is 17.7 Å². The first kappa shape index (κ1) is 15.4. The summed E-state index contributed by atoms with van der Waals surface area (Å²) >= 11 is 6.10. The van der Waals surface area contributed by atoms with Crippen LogP contribution in [0.1, 0.15) is 18.2 Å². The van der Waals surface area contributed by atoms with Crippen molar-refractivity contribution in [2.24, 2.45) is 0 Å². The second-order valence-corrected chi connectivity index (χ2v) is 5.37. The van der Waals surface area contributed by atoms with E-state index in [9.17, 15) is 9.90 Å². The van der Waals surface area contributed by atoms with Gasteiger partial charge in [0.25, 0.3) is 0 Å². The van der Waals surface area contributed by atoms with Crippen molar-refractivity contribution in [2.75, 3.05) is 11.9 Å². The number of amides is 2. The number of aliphatic hydroxyl groups is 1. The van der Waals surface area contributed by atoms with Gasteiger partial charge < -0.3 is 20.2 Å². The molecule has 0 radical (unpaired) electrons. The normalized spacial score (nSPS) is 13.5. The van der Waals surface area contributed by atoms with Crippen molar-refractivity contribution >= 4 is 23.3 Å². The standard InChI is InChI=1S/C15H17ClN2O3/c1-10-5-3-6-11(13(10)16)18-14(19)17-9-15(2,20)12-7-4-8-21-12/h3-8,20H,9H2,1-2H3,(H2,17,18,19). The Labute approximate surface area is 127 Å². The molecule has 21 heavy (non-hydrogen) atoms. The molecule has 1 atom stereocenters. The summed E-state index contributed by atoms with van der Waals surface area (Å²) in [5.74, 6) is 0.386. The highest BCUT2D eigenvalue weighted by atomic mass is 35.5. The number of hydrogen-bond acceptors (Lipinski definition) is 3. The van der Waals surface area contributed by atoms with Gasteiger partial charge in [0.1, 0.15) is 11.4 Å². The highest BCUT2D eigenvalue weighted by molar-refractivity contribution is 6.34. The number of hydrogen-bond donors (Lipinski definition) is 3. The van der Waals surface area contributed by atoms with Crippen LogP contribution in [0.2, 0.25) is 5.02 Å². The summed E-state index contributed by atoms with van der Waals surface area (Å²) in [7, 11) is 0. The minimum atomic E-state index is -1.28. The van der Waals surface area contributed by atoms with Crippen LogP contribution < -0.4 is 10.6 Å². The summed E-state index contributed by atoms with van der Waals surface area (Å²) in [5.41, 5.74) is 0.112. The zero-order valence-electron chi connectivity index (χ0n) is 11.8. The maximum Gasteiger partial charge on any atom is 0.319 e. The number of anilines is 1. The van der Waals surface area contributed by atoms with E-state index in [1.165, 1.54) is 6.26 Å². The van der Waals surface area contributed by atoms with Crippen molar-refractivity contribution < 1.29 is 14.3 Å². The molecule has 6 heteroatoms. The lowest BCUT2D eigenvalue weighted by atomic mass is 10.0. The first-order chi connectivity index (χ1) is 9.90. The zero-order valence-corrected chi connectivity index (χ0v) is 12.6. The number of benzene rings is 1. The van der Waals surface area contributed by atoms with Crippen molar-refractivity contribution in [3.8, 4) is 0 Å². The molecule has 1 heterocycles. The fraction of sp³-hybridized carbons (Fsp3) is 0.267. The largest absolute Gasteiger partial charge is 0.466 e. The summed E-state index contributed by atoms with van der Waals surface area (Å²) in [6.07, 6.45) is 1.47. The van der Waals surface area contributed by atoms with Gasteiger partial charge in [-0.3, -0.25) is 0 Å². The minimum absolute atomic E-state index is 0.00970. The zero-order chi connectivity index (χ0) is 15.5. The summed E-state index contributed by atoms with van der Waals surface area (Å²) in [6.45, 7) is 3.43. The molecule has 2 amide bonds. The Morgan fingerprint density at radius 1 is 1.38 bits per heavy atom. The molecule has 3 N–H and O–H groups in total. The van der Waals surface area contributed by atoms with Gasteiger partial charge in [-0.05, 0) is 37.6 Å². The predicted molar refractivity (Wildman–Crippen MR) is 81.5 cm³/mol. The SMILES string of the molecule is Cc1cccc(NC(=O)NCC(C)(O)c2ccco2)c1Cl. The maximum absolute atomic E-state index is 11.9. The second kappa shape index (κ2) is 6.20. The van der Waals surface area contributed by atoms with Gasteiger partial charge in [0, 0.05) is 0 Å². The molecule has 0 fully saturated rings. The summed E-state index contributed by atoms with van der Waals surface area (Å²) in [5, 5.41) is 16.0. The molecule has 0 bridgehead atoms. The van der Waals surface area contributed by atoms with Crippen LogP contribution in [0.4, 0.5) is 10.5 Å². The first-order valence-corrected chi connectivity index (χ1v) is 6.84. The highest BCUT2D eigenvalue weighted by Crippen LogP contribution is 2.25. The summed E-state index contributed by atoms with van der Waals surface area (Å²) in [6, 6.07) is 8.24. The van der Waals surface area contributed by atoms with E-state index in [1.54, 1.807) is 31.2 Å². The molecule has 0 aliphatic heterocycles. The Hall–Kier alpha value is -1.98. The molecule has 0 aliphatic carbocycles. The lowest BCUT2D eigenvalue weighted by Crippen LogP contribution is -2.40. The predicted octanol–water partition coefficient (Wildman–Crippen LogP) is 3.27. The van der Waals surface area contributed by atoms with Gasteiger partial charge in [-0.1, -0.05) is 23.7 Å². The van der Waals surface area contributed by atoms with Gasteiger partial charge in [-0.15, -0.1) is 0 Å². The lowest BCUT2D eigenvalue weighted by Gasteiger charge is -2.21. The fourth-order valence-electron chi connectivity index (χ4n) is 1.83. The number of aryl methyl sites for hydroxylation is 1. The first-order valence-electron chi connectivity index (χ1n) is 6.46. The molecule has 2 rings (SSSR count). The molecule has 112 valence electrons. The average molecular weight is 309 g/mol. The van der Waals surface area contributed by atoms with Crippen molar-refractivity contribution in [1.82, 2.24) is 5.32 Å². The summed E-state index contributed by atoms with van der Waals surface area (Å²) in [4.78, 5) is 11.9. The van der Waals surface area contributed by atoms with E-state index in [-0.39, 0.29) is 6.54 Å². The van der Waals surface area contributed by atoms with E-state index in [4.69, 9.17) is 16.0 Å². The maximum atomic E-state index is 11.9. The second-order valence-electron chi connectivity index (χ2n) is 5.00. The quantitative estimate of drug-likeness (QED) is 0.811. The molecular formula is C15H17ClN2O3. The van der Waals surface area contributed by atoms with Gasteiger partial charge in [-0.25, -0.2) is 4.79 Å². The third-order valence-electron chi connectivity index (χ3n) is 3.09. The topological polar surface area (TPSA) is 74.5 Å². The van der Waals surface area contributed by atoms with E-state index in [0.29, 0.717) is 16.5 Å². The fourth-order valence-corrected chi connectivity index (χ4v) is 2.01. The van der Waals surface area contributed by atoms with Crippen molar-refractivity contribution in [3.63, 3.8) is 0 Å². The van der Waals surface area contributed by atoms with Gasteiger partial charge in [0.2, 0.25) is 0 Å². The molecule has 0 saturated carbocycles. The number of nitrogens with one attached hydrogen (secondary N) is 2. The molecule has 2 aromatic rings. The molecule has 0 spiro atoms. The van der Waals surface area contributed by atoms with Crippen LogP contribution in [0.5, 0.6) is 0 Å². The number of carbonyl (C=O) groups is 1. The molecule has 1 aromatic carbocycles. The van der Waals surface area contributed by atoms with E-state index < -0.39 is 11.6 Å². The molecular weight excluding hydrogens is 292 g/mol. The monoisotopic (exact) mass is 308 g/mol. The van der Waals surface area contributed by atoms with Gasteiger partial charge in [0.15, 0.2) is 0 Å². The third kappa shape index (κ3) is 3.77. The molecule has 0 saturated heterocycles. The Morgan fingerprint density at radius 2 is 2.14 bits per heavy atom.